The fourth-order valence-corrected chi connectivity index (χ4v) is 3.61. The van der Waals surface area contributed by atoms with E-state index in [1.807, 2.05) is 55.6 Å². The number of thiazole rings is 1. The molecule has 0 bridgehead atoms. The molecule has 0 saturated heterocycles. The van der Waals surface area contributed by atoms with Crippen molar-refractivity contribution in [2.45, 2.75) is 26.7 Å². The average Bonchev–Trinajstić information content (AvgIpc) is 3.19. The largest absolute Gasteiger partial charge is 0.490 e. The highest BCUT2D eigenvalue weighted by Gasteiger charge is 2.10. The van der Waals surface area contributed by atoms with Crippen LogP contribution in [0.4, 0.5) is 0 Å². The molecule has 0 aliphatic heterocycles. The first-order valence-corrected chi connectivity index (χ1v) is 10.6. The molecule has 7 heteroatoms. The first-order chi connectivity index (χ1) is 14.2. The Hall–Kier alpha value is -2.93. The first kappa shape index (κ1) is 20.8. The number of hydrogen-bond donors (Lipinski definition) is 1. The van der Waals surface area contributed by atoms with Crippen LogP contribution in [0.2, 0.25) is 0 Å². The van der Waals surface area contributed by atoms with Gasteiger partial charge in [0.15, 0.2) is 11.5 Å². The Kier molecular flexibility index (Phi) is 7.58. The molecule has 29 heavy (non-hydrogen) atoms. The summed E-state index contributed by atoms with van der Waals surface area (Å²) in [4.78, 5) is 21.1. The van der Waals surface area contributed by atoms with Gasteiger partial charge < -0.3 is 14.8 Å². The minimum Gasteiger partial charge on any atom is -0.490 e. The summed E-state index contributed by atoms with van der Waals surface area (Å²) in [5, 5.41) is 5.69. The molecule has 6 nitrogen and oxygen atoms in total. The molecule has 2 aromatic heterocycles. The molecule has 1 aromatic carbocycles. The lowest BCUT2D eigenvalue weighted by molar-refractivity contribution is -0.120. The van der Waals surface area contributed by atoms with Crippen molar-refractivity contribution in [3.05, 3.63) is 59.2 Å². The van der Waals surface area contributed by atoms with Crippen molar-refractivity contribution < 1.29 is 14.3 Å². The van der Waals surface area contributed by atoms with Crippen LogP contribution in [0.5, 0.6) is 11.5 Å². The van der Waals surface area contributed by atoms with Crippen molar-refractivity contribution >= 4 is 17.2 Å². The number of amides is 1. The van der Waals surface area contributed by atoms with Crippen molar-refractivity contribution in [3.8, 4) is 22.2 Å². The molecule has 0 saturated carbocycles. The van der Waals surface area contributed by atoms with Crippen LogP contribution in [0, 0.1) is 0 Å². The summed E-state index contributed by atoms with van der Waals surface area (Å²) in [6, 6.07) is 11.6. The minimum atomic E-state index is -0.0427. The lowest BCUT2D eigenvalue weighted by atomic mass is 10.1. The van der Waals surface area contributed by atoms with Gasteiger partial charge in [-0.1, -0.05) is 12.1 Å². The standard InChI is InChI=1S/C22H25N3O3S/c1-3-27-19-9-8-16(13-20(19)28-4-2)10-12-24-21(26)14-17-15-29-22(25-17)18-7-5-6-11-23-18/h5-9,11,13,15H,3-4,10,12,14H2,1-2H3,(H,24,26). The first-order valence-electron chi connectivity index (χ1n) is 9.70. The van der Waals surface area contributed by atoms with E-state index in [0.29, 0.717) is 26.2 Å². The third-order valence-corrected chi connectivity index (χ3v) is 5.03. The molecular weight excluding hydrogens is 386 g/mol. The van der Waals surface area contributed by atoms with Gasteiger partial charge in [-0.3, -0.25) is 9.78 Å². The number of nitrogens with zero attached hydrogens (tertiary/aromatic N) is 2. The van der Waals surface area contributed by atoms with Gasteiger partial charge in [0.05, 0.1) is 31.0 Å². The number of hydrogen-bond acceptors (Lipinski definition) is 6. The molecule has 0 radical (unpaired) electrons. The van der Waals surface area contributed by atoms with E-state index in [1.54, 1.807) is 6.20 Å². The predicted octanol–water partition coefficient (Wildman–Crippen LogP) is 3.90. The molecule has 1 amide bonds. The molecule has 2 heterocycles. The Labute approximate surface area is 174 Å². The second-order valence-electron chi connectivity index (χ2n) is 6.28. The molecule has 3 rings (SSSR count). The highest BCUT2D eigenvalue weighted by Crippen LogP contribution is 2.28. The highest BCUT2D eigenvalue weighted by molar-refractivity contribution is 7.13. The molecule has 0 aliphatic rings. The van der Waals surface area contributed by atoms with Gasteiger partial charge in [-0.25, -0.2) is 4.98 Å². The van der Waals surface area contributed by atoms with Crippen molar-refractivity contribution in [1.82, 2.24) is 15.3 Å². The number of aromatic nitrogens is 2. The number of carbonyl (C=O) groups is 1. The fourth-order valence-electron chi connectivity index (χ4n) is 2.82. The van der Waals surface area contributed by atoms with Gasteiger partial charge in [-0.05, 0) is 50.1 Å². The monoisotopic (exact) mass is 411 g/mol. The molecule has 0 unspecified atom stereocenters. The SMILES string of the molecule is CCOc1ccc(CCNC(=O)Cc2csc(-c3ccccn3)n2)cc1OCC. The second kappa shape index (κ2) is 10.6. The van der Waals surface area contributed by atoms with Gasteiger partial charge in [-0.15, -0.1) is 11.3 Å². The van der Waals surface area contributed by atoms with E-state index in [0.717, 1.165) is 33.5 Å². The van der Waals surface area contributed by atoms with E-state index in [1.165, 1.54) is 11.3 Å². The molecule has 0 fully saturated rings. The number of pyridine rings is 1. The Morgan fingerprint density at radius 2 is 1.93 bits per heavy atom. The van der Waals surface area contributed by atoms with Crippen LogP contribution in [0.25, 0.3) is 10.7 Å². The lowest BCUT2D eigenvalue weighted by Gasteiger charge is -2.12. The summed E-state index contributed by atoms with van der Waals surface area (Å²) in [6.45, 7) is 5.61. The third-order valence-electron chi connectivity index (χ3n) is 4.12. The van der Waals surface area contributed by atoms with Gasteiger partial charge >= 0.3 is 0 Å². The van der Waals surface area contributed by atoms with Crippen molar-refractivity contribution in [2.75, 3.05) is 19.8 Å². The quantitative estimate of drug-likeness (QED) is 0.548. The maximum Gasteiger partial charge on any atom is 0.226 e. The van der Waals surface area contributed by atoms with Crippen LogP contribution < -0.4 is 14.8 Å². The van der Waals surface area contributed by atoms with E-state index < -0.39 is 0 Å². The third kappa shape index (κ3) is 6.02. The van der Waals surface area contributed by atoms with E-state index in [-0.39, 0.29) is 12.3 Å². The molecular formula is C22H25N3O3S. The van der Waals surface area contributed by atoms with Crippen molar-refractivity contribution in [1.29, 1.82) is 0 Å². The van der Waals surface area contributed by atoms with E-state index in [4.69, 9.17) is 9.47 Å². The van der Waals surface area contributed by atoms with Gasteiger partial charge in [0.25, 0.3) is 0 Å². The van der Waals surface area contributed by atoms with Crippen LogP contribution >= 0.6 is 11.3 Å². The lowest BCUT2D eigenvalue weighted by Crippen LogP contribution is -2.27. The van der Waals surface area contributed by atoms with Crippen LogP contribution in [0.1, 0.15) is 25.1 Å². The molecule has 0 aliphatic carbocycles. The maximum absolute atomic E-state index is 12.3. The average molecular weight is 412 g/mol. The summed E-state index contributed by atoms with van der Waals surface area (Å²) in [6.07, 6.45) is 2.71. The maximum atomic E-state index is 12.3. The van der Waals surface area contributed by atoms with Crippen LogP contribution in [0.15, 0.2) is 48.0 Å². The molecule has 152 valence electrons. The van der Waals surface area contributed by atoms with Gasteiger partial charge in [0, 0.05) is 18.1 Å². The van der Waals surface area contributed by atoms with Crippen LogP contribution in [-0.2, 0) is 17.6 Å². The number of carbonyl (C=O) groups excluding carboxylic acids is 1. The topological polar surface area (TPSA) is 73.3 Å². The molecule has 3 aromatic rings. The van der Waals surface area contributed by atoms with Gasteiger partial charge in [0.2, 0.25) is 5.91 Å². The molecule has 0 atom stereocenters. The summed E-state index contributed by atoms with van der Waals surface area (Å²) in [5.74, 6) is 1.44. The van der Waals surface area contributed by atoms with E-state index >= 15 is 0 Å². The van der Waals surface area contributed by atoms with Crippen LogP contribution in [-0.4, -0.2) is 35.6 Å². The minimum absolute atomic E-state index is 0.0427. The summed E-state index contributed by atoms with van der Waals surface area (Å²) >= 11 is 1.50. The van der Waals surface area contributed by atoms with E-state index in [9.17, 15) is 4.79 Å². The van der Waals surface area contributed by atoms with E-state index in [2.05, 4.69) is 15.3 Å². The Bertz CT molecular complexity index is 928. The Balaban J connectivity index is 1.50. The normalized spacial score (nSPS) is 10.6. The highest BCUT2D eigenvalue weighted by atomic mass is 32.1. The van der Waals surface area contributed by atoms with Crippen molar-refractivity contribution in [3.63, 3.8) is 0 Å². The number of benzene rings is 1. The zero-order valence-electron chi connectivity index (χ0n) is 16.7. The fraction of sp³-hybridized carbons (Fsp3) is 0.318. The number of ether oxygens (including phenoxy) is 2. The second-order valence-corrected chi connectivity index (χ2v) is 7.14. The van der Waals surface area contributed by atoms with Gasteiger partial charge in [-0.2, -0.15) is 0 Å². The Morgan fingerprint density at radius 1 is 1.10 bits per heavy atom. The zero-order valence-corrected chi connectivity index (χ0v) is 17.5. The summed E-state index contributed by atoms with van der Waals surface area (Å²) in [5.41, 5.74) is 2.67. The predicted molar refractivity (Wildman–Crippen MR) is 115 cm³/mol. The van der Waals surface area contributed by atoms with Crippen LogP contribution in [0.3, 0.4) is 0 Å². The van der Waals surface area contributed by atoms with Crippen molar-refractivity contribution in [2.24, 2.45) is 0 Å². The zero-order chi connectivity index (χ0) is 20.5. The summed E-state index contributed by atoms with van der Waals surface area (Å²) in [7, 11) is 0. The molecule has 0 spiro atoms. The number of nitrogens with one attached hydrogen (secondary N) is 1. The Morgan fingerprint density at radius 3 is 2.69 bits per heavy atom. The number of rotatable bonds is 10. The van der Waals surface area contributed by atoms with Gasteiger partial charge in [0.1, 0.15) is 5.01 Å². The smallest absolute Gasteiger partial charge is 0.226 e. The molecule has 1 N–H and O–H groups in total. The summed E-state index contributed by atoms with van der Waals surface area (Å²) < 4.78 is 11.2.